The minimum atomic E-state index is -0.350. The Hall–Kier alpha value is -2.74. The molecular formula is C22H26FN3O3S. The lowest BCUT2D eigenvalue weighted by atomic mass is 10.0. The monoisotopic (exact) mass is 431 g/mol. The van der Waals surface area contributed by atoms with Gasteiger partial charge in [-0.25, -0.2) is 9.18 Å². The van der Waals surface area contributed by atoms with Crippen molar-refractivity contribution in [3.63, 3.8) is 0 Å². The van der Waals surface area contributed by atoms with Crippen molar-refractivity contribution in [1.82, 2.24) is 10.2 Å². The molecule has 2 N–H and O–H groups in total. The van der Waals surface area contributed by atoms with Crippen LogP contribution in [-0.4, -0.2) is 48.3 Å². The van der Waals surface area contributed by atoms with Gasteiger partial charge in [-0.1, -0.05) is 0 Å². The average Bonchev–Trinajstić information content (AvgIpc) is 2.76. The number of carbonyl (C=O) groups excluding carboxylic acids is 2. The molecule has 1 aliphatic heterocycles. The highest BCUT2D eigenvalue weighted by molar-refractivity contribution is 8.00. The van der Waals surface area contributed by atoms with E-state index in [-0.39, 0.29) is 29.0 Å². The standard InChI is InChI=1S/C22H26FN3O3S/c1-15(30-20-9-7-19(29-2)8-10-20)21(27)26-13-11-18(12-14-26)25-22(28)24-17-5-3-16(23)4-6-17/h3-10,15,18H,11-14H2,1-2H3,(H2,24,25,28)/t15-/m0/s1. The topological polar surface area (TPSA) is 70.7 Å². The first-order valence-electron chi connectivity index (χ1n) is 9.87. The number of methoxy groups -OCH3 is 1. The van der Waals surface area contributed by atoms with Crippen molar-refractivity contribution in [3.05, 3.63) is 54.3 Å². The summed E-state index contributed by atoms with van der Waals surface area (Å²) in [4.78, 5) is 27.8. The zero-order valence-electron chi connectivity index (χ0n) is 17.1. The van der Waals surface area contributed by atoms with E-state index in [2.05, 4.69) is 10.6 Å². The molecule has 0 unspecified atom stereocenters. The van der Waals surface area contributed by atoms with E-state index in [1.165, 1.54) is 36.0 Å². The Morgan fingerprint density at radius 1 is 1.10 bits per heavy atom. The summed E-state index contributed by atoms with van der Waals surface area (Å²) in [7, 11) is 1.62. The van der Waals surface area contributed by atoms with Crippen LogP contribution >= 0.6 is 11.8 Å². The molecule has 0 bridgehead atoms. The number of halogens is 1. The first kappa shape index (κ1) is 22.0. The number of likely N-dealkylation sites (tertiary alicyclic amines) is 1. The molecule has 1 fully saturated rings. The van der Waals surface area contributed by atoms with Crippen LogP contribution in [0, 0.1) is 5.82 Å². The van der Waals surface area contributed by atoms with Gasteiger partial charge in [0.1, 0.15) is 11.6 Å². The van der Waals surface area contributed by atoms with Crippen LogP contribution in [0.2, 0.25) is 0 Å². The number of benzene rings is 2. The lowest BCUT2D eigenvalue weighted by Crippen LogP contribution is -2.49. The van der Waals surface area contributed by atoms with Crippen molar-refractivity contribution in [3.8, 4) is 5.75 Å². The molecule has 0 spiro atoms. The normalized spacial score (nSPS) is 15.4. The predicted octanol–water partition coefficient (Wildman–Crippen LogP) is 4.13. The van der Waals surface area contributed by atoms with Gasteiger partial charge in [0.15, 0.2) is 0 Å². The molecule has 3 rings (SSSR count). The van der Waals surface area contributed by atoms with E-state index in [9.17, 15) is 14.0 Å². The van der Waals surface area contributed by atoms with Gasteiger partial charge in [-0.05, 0) is 68.3 Å². The summed E-state index contributed by atoms with van der Waals surface area (Å²) >= 11 is 1.52. The number of anilines is 1. The Kier molecular flexibility index (Phi) is 7.57. The first-order chi connectivity index (χ1) is 14.4. The molecule has 3 amide bonds. The summed E-state index contributed by atoms with van der Waals surface area (Å²) in [6, 6.07) is 13.0. The Labute approximate surface area is 180 Å². The van der Waals surface area contributed by atoms with Crippen LogP contribution in [0.5, 0.6) is 5.75 Å². The van der Waals surface area contributed by atoms with E-state index >= 15 is 0 Å². The largest absolute Gasteiger partial charge is 0.497 e. The van der Waals surface area contributed by atoms with Crippen molar-refractivity contribution in [1.29, 1.82) is 0 Å². The maximum atomic E-state index is 12.9. The molecule has 0 aliphatic carbocycles. The number of nitrogens with one attached hydrogen (secondary N) is 2. The summed E-state index contributed by atoms with van der Waals surface area (Å²) in [5.41, 5.74) is 0.533. The van der Waals surface area contributed by atoms with Crippen LogP contribution in [-0.2, 0) is 4.79 Å². The Balaban J connectivity index is 1.42. The molecule has 2 aromatic rings. The number of urea groups is 1. The van der Waals surface area contributed by atoms with Crippen molar-refractivity contribution in [2.24, 2.45) is 0 Å². The molecule has 0 aromatic heterocycles. The van der Waals surface area contributed by atoms with Crippen molar-refractivity contribution in [2.45, 2.75) is 36.0 Å². The third-order valence-electron chi connectivity index (χ3n) is 4.96. The Morgan fingerprint density at radius 2 is 1.73 bits per heavy atom. The molecule has 160 valence electrons. The second-order valence-electron chi connectivity index (χ2n) is 7.14. The lowest BCUT2D eigenvalue weighted by Gasteiger charge is -2.33. The number of nitrogens with zero attached hydrogens (tertiary/aromatic N) is 1. The number of hydrogen-bond acceptors (Lipinski definition) is 4. The van der Waals surface area contributed by atoms with E-state index in [4.69, 9.17) is 4.74 Å². The van der Waals surface area contributed by atoms with E-state index in [1.807, 2.05) is 36.1 Å². The van der Waals surface area contributed by atoms with Gasteiger partial charge in [0.2, 0.25) is 5.91 Å². The molecule has 1 heterocycles. The van der Waals surface area contributed by atoms with Crippen LogP contribution in [0.25, 0.3) is 0 Å². The molecule has 2 aromatic carbocycles. The van der Waals surface area contributed by atoms with Crippen LogP contribution in [0.3, 0.4) is 0 Å². The van der Waals surface area contributed by atoms with Gasteiger partial charge in [-0.2, -0.15) is 0 Å². The SMILES string of the molecule is COc1ccc(S[C@@H](C)C(=O)N2CCC(NC(=O)Nc3ccc(F)cc3)CC2)cc1. The molecular weight excluding hydrogens is 405 g/mol. The minimum absolute atomic E-state index is 0.000884. The fourth-order valence-corrected chi connectivity index (χ4v) is 4.25. The summed E-state index contributed by atoms with van der Waals surface area (Å²) in [6.45, 7) is 3.12. The minimum Gasteiger partial charge on any atom is -0.497 e. The zero-order valence-corrected chi connectivity index (χ0v) is 17.9. The summed E-state index contributed by atoms with van der Waals surface area (Å²) in [5.74, 6) is 0.541. The number of rotatable bonds is 6. The maximum absolute atomic E-state index is 12.9. The third kappa shape index (κ3) is 6.13. The quantitative estimate of drug-likeness (QED) is 0.675. The van der Waals surface area contributed by atoms with Gasteiger partial charge in [-0.15, -0.1) is 11.8 Å². The maximum Gasteiger partial charge on any atom is 0.319 e. The lowest BCUT2D eigenvalue weighted by molar-refractivity contribution is -0.131. The fraction of sp³-hybridized carbons (Fsp3) is 0.364. The van der Waals surface area contributed by atoms with Crippen molar-refractivity contribution >= 4 is 29.4 Å². The Morgan fingerprint density at radius 3 is 2.33 bits per heavy atom. The summed E-state index contributed by atoms with van der Waals surface area (Å²) in [6.07, 6.45) is 1.39. The molecule has 1 saturated heterocycles. The van der Waals surface area contributed by atoms with Crippen LogP contribution in [0.4, 0.5) is 14.9 Å². The highest BCUT2D eigenvalue weighted by atomic mass is 32.2. The predicted molar refractivity (Wildman–Crippen MR) is 116 cm³/mol. The van der Waals surface area contributed by atoms with Crippen LogP contribution in [0.15, 0.2) is 53.4 Å². The van der Waals surface area contributed by atoms with E-state index in [1.54, 1.807) is 7.11 Å². The third-order valence-corrected chi connectivity index (χ3v) is 6.06. The average molecular weight is 432 g/mol. The Bertz CT molecular complexity index is 853. The highest BCUT2D eigenvalue weighted by Crippen LogP contribution is 2.27. The second kappa shape index (κ2) is 10.3. The summed E-state index contributed by atoms with van der Waals surface area (Å²) < 4.78 is 18.1. The molecule has 0 saturated carbocycles. The van der Waals surface area contributed by atoms with Gasteiger partial charge in [0, 0.05) is 29.7 Å². The number of ether oxygens (including phenoxy) is 1. The first-order valence-corrected chi connectivity index (χ1v) is 10.7. The molecule has 30 heavy (non-hydrogen) atoms. The van der Waals surface area contributed by atoms with Gasteiger partial charge in [-0.3, -0.25) is 4.79 Å². The summed E-state index contributed by atoms with van der Waals surface area (Å²) in [5, 5.41) is 5.43. The van der Waals surface area contributed by atoms with E-state index < -0.39 is 0 Å². The fourth-order valence-electron chi connectivity index (χ4n) is 3.30. The number of piperidine rings is 1. The molecule has 6 nitrogen and oxygen atoms in total. The number of amides is 3. The molecule has 1 aliphatic rings. The van der Waals surface area contributed by atoms with Crippen molar-refractivity contribution < 1.29 is 18.7 Å². The smallest absolute Gasteiger partial charge is 0.319 e. The van der Waals surface area contributed by atoms with E-state index in [0.717, 1.165) is 10.6 Å². The van der Waals surface area contributed by atoms with Gasteiger partial charge in [0.05, 0.1) is 12.4 Å². The number of carbonyl (C=O) groups is 2. The van der Waals surface area contributed by atoms with Gasteiger partial charge >= 0.3 is 6.03 Å². The number of thioether (sulfide) groups is 1. The van der Waals surface area contributed by atoms with Crippen LogP contribution < -0.4 is 15.4 Å². The van der Waals surface area contributed by atoms with Crippen LogP contribution in [0.1, 0.15) is 19.8 Å². The molecule has 1 atom stereocenters. The van der Waals surface area contributed by atoms with Crippen molar-refractivity contribution in [2.75, 3.05) is 25.5 Å². The van der Waals surface area contributed by atoms with Gasteiger partial charge < -0.3 is 20.3 Å². The second-order valence-corrected chi connectivity index (χ2v) is 8.55. The highest BCUT2D eigenvalue weighted by Gasteiger charge is 2.27. The van der Waals surface area contributed by atoms with E-state index in [0.29, 0.717) is 31.6 Å². The number of hydrogen-bond donors (Lipinski definition) is 2. The zero-order chi connectivity index (χ0) is 21.5. The van der Waals surface area contributed by atoms with Gasteiger partial charge in [0.25, 0.3) is 0 Å². The molecule has 8 heteroatoms. The molecule has 0 radical (unpaired) electrons.